The molecule has 0 fully saturated rings. The highest BCUT2D eigenvalue weighted by Gasteiger charge is 2.04. The van der Waals surface area contributed by atoms with Crippen LogP contribution in [0.25, 0.3) is 17.0 Å². The van der Waals surface area contributed by atoms with E-state index in [1.54, 1.807) is 31.4 Å². The van der Waals surface area contributed by atoms with Crippen molar-refractivity contribution < 1.29 is 13.9 Å². The quantitative estimate of drug-likeness (QED) is 0.614. The number of hydrogen-bond acceptors (Lipinski definition) is 4. The van der Waals surface area contributed by atoms with E-state index in [-0.39, 0.29) is 5.78 Å². The van der Waals surface area contributed by atoms with E-state index >= 15 is 0 Å². The summed E-state index contributed by atoms with van der Waals surface area (Å²) in [6.45, 7) is 1.42. The first-order valence-electron chi connectivity index (χ1n) is 5.40. The lowest BCUT2D eigenvalue weighted by atomic mass is 10.1. The lowest BCUT2D eigenvalue weighted by Gasteiger charge is -2.01. The molecule has 0 N–H and O–H groups in total. The molecule has 0 aliphatic heterocycles. The molecule has 0 radical (unpaired) electrons. The van der Waals surface area contributed by atoms with E-state index < -0.39 is 5.63 Å². The maximum Gasteiger partial charge on any atom is 0.343 e. The maximum absolute atomic E-state index is 11.7. The molecular formula is C14H12O4. The van der Waals surface area contributed by atoms with Crippen LogP contribution in [0.15, 0.2) is 39.6 Å². The van der Waals surface area contributed by atoms with Gasteiger partial charge in [0, 0.05) is 11.5 Å². The largest absolute Gasteiger partial charge is 0.497 e. The predicted octanol–water partition coefficient (Wildman–Crippen LogP) is 2.40. The van der Waals surface area contributed by atoms with Gasteiger partial charge in [0.2, 0.25) is 0 Å². The van der Waals surface area contributed by atoms with E-state index in [1.807, 2.05) is 0 Å². The molecule has 0 bridgehead atoms. The number of ether oxygens (including phenoxy) is 1. The zero-order valence-electron chi connectivity index (χ0n) is 10.1. The average molecular weight is 244 g/mol. The number of carbonyl (C=O) groups excluding carboxylic acids is 1. The highest BCUT2D eigenvalue weighted by molar-refractivity contribution is 5.92. The van der Waals surface area contributed by atoms with Crippen LogP contribution >= 0.6 is 0 Å². The van der Waals surface area contributed by atoms with Crippen LogP contribution in [0.2, 0.25) is 0 Å². The van der Waals surface area contributed by atoms with E-state index in [4.69, 9.17) is 9.15 Å². The molecule has 1 aromatic carbocycles. The molecular weight excluding hydrogens is 232 g/mol. The fourth-order valence-corrected chi connectivity index (χ4v) is 1.56. The van der Waals surface area contributed by atoms with E-state index in [9.17, 15) is 9.59 Å². The second-order valence-corrected chi connectivity index (χ2v) is 3.84. The molecule has 0 aliphatic rings. The molecule has 92 valence electrons. The van der Waals surface area contributed by atoms with Gasteiger partial charge in [0.1, 0.15) is 11.3 Å². The Balaban J connectivity index is 2.56. The van der Waals surface area contributed by atoms with Gasteiger partial charge >= 0.3 is 5.63 Å². The second kappa shape index (κ2) is 4.87. The Hall–Kier alpha value is -2.36. The first-order chi connectivity index (χ1) is 8.60. The molecule has 4 nitrogen and oxygen atoms in total. The van der Waals surface area contributed by atoms with Crippen LogP contribution in [0.5, 0.6) is 5.75 Å². The molecule has 0 saturated carbocycles. The predicted molar refractivity (Wildman–Crippen MR) is 68.8 cm³/mol. The standard InChI is InChI=1S/C14H12O4/c1-9(15)3-4-11-7-10-5-6-12(17-2)8-13(10)18-14(11)16/h3-8H,1-2H3/b4-3+. The van der Waals surface area contributed by atoms with Gasteiger partial charge in [-0.25, -0.2) is 4.79 Å². The summed E-state index contributed by atoms with van der Waals surface area (Å²) in [7, 11) is 1.54. The van der Waals surface area contributed by atoms with Crippen LogP contribution in [0.4, 0.5) is 0 Å². The lowest BCUT2D eigenvalue weighted by molar-refractivity contribution is -0.112. The highest BCUT2D eigenvalue weighted by Crippen LogP contribution is 2.20. The summed E-state index contributed by atoms with van der Waals surface area (Å²) in [5, 5.41) is 0.776. The van der Waals surface area contributed by atoms with Crippen LogP contribution < -0.4 is 10.4 Å². The molecule has 2 rings (SSSR count). The van der Waals surface area contributed by atoms with Crippen molar-refractivity contribution in [1.82, 2.24) is 0 Å². The molecule has 1 heterocycles. The number of ketones is 1. The second-order valence-electron chi connectivity index (χ2n) is 3.84. The zero-order chi connectivity index (χ0) is 13.1. The fraction of sp³-hybridized carbons (Fsp3) is 0.143. The van der Waals surface area contributed by atoms with Crippen LogP contribution in [0.1, 0.15) is 12.5 Å². The Kier molecular flexibility index (Phi) is 3.28. The SMILES string of the molecule is COc1ccc2cc(/C=C/C(C)=O)c(=O)oc2c1. The van der Waals surface area contributed by atoms with Crippen molar-refractivity contribution in [2.24, 2.45) is 0 Å². The van der Waals surface area contributed by atoms with E-state index in [0.717, 1.165) is 5.39 Å². The number of allylic oxidation sites excluding steroid dienone is 1. The summed E-state index contributed by atoms with van der Waals surface area (Å²) >= 11 is 0. The number of benzene rings is 1. The van der Waals surface area contributed by atoms with Crippen molar-refractivity contribution in [3.05, 3.63) is 46.3 Å². The summed E-state index contributed by atoms with van der Waals surface area (Å²) in [6.07, 6.45) is 2.79. The van der Waals surface area contributed by atoms with Crippen molar-refractivity contribution in [3.63, 3.8) is 0 Å². The van der Waals surface area contributed by atoms with Gasteiger partial charge in [-0.2, -0.15) is 0 Å². The minimum atomic E-state index is -0.478. The Morgan fingerprint density at radius 2 is 2.11 bits per heavy atom. The van der Waals surface area contributed by atoms with Crippen molar-refractivity contribution in [2.45, 2.75) is 6.92 Å². The van der Waals surface area contributed by atoms with Gasteiger partial charge in [-0.05, 0) is 37.3 Å². The van der Waals surface area contributed by atoms with Gasteiger partial charge in [0.25, 0.3) is 0 Å². The number of carbonyl (C=O) groups is 1. The molecule has 2 aromatic rings. The molecule has 0 aliphatic carbocycles. The number of hydrogen-bond donors (Lipinski definition) is 0. The lowest BCUT2D eigenvalue weighted by Crippen LogP contribution is -2.02. The van der Waals surface area contributed by atoms with Crippen LogP contribution in [0, 0.1) is 0 Å². The fourth-order valence-electron chi connectivity index (χ4n) is 1.56. The maximum atomic E-state index is 11.7. The van der Waals surface area contributed by atoms with Crippen LogP contribution in [-0.2, 0) is 4.79 Å². The third-order valence-corrected chi connectivity index (χ3v) is 2.47. The number of fused-ring (bicyclic) bond motifs is 1. The van der Waals surface area contributed by atoms with Gasteiger partial charge in [-0.3, -0.25) is 4.79 Å². The van der Waals surface area contributed by atoms with Crippen molar-refractivity contribution in [2.75, 3.05) is 7.11 Å². The van der Waals surface area contributed by atoms with Gasteiger partial charge in [-0.1, -0.05) is 0 Å². The van der Waals surface area contributed by atoms with Crippen LogP contribution in [0.3, 0.4) is 0 Å². The molecule has 0 saturated heterocycles. The third kappa shape index (κ3) is 2.48. The van der Waals surface area contributed by atoms with Crippen LogP contribution in [-0.4, -0.2) is 12.9 Å². The molecule has 1 aromatic heterocycles. The Bertz CT molecular complexity index is 680. The van der Waals surface area contributed by atoms with Crippen molar-refractivity contribution in [1.29, 1.82) is 0 Å². The first kappa shape index (κ1) is 12.1. The van der Waals surface area contributed by atoms with Gasteiger partial charge in [0.15, 0.2) is 5.78 Å². The first-order valence-corrected chi connectivity index (χ1v) is 5.40. The molecule has 0 amide bonds. The Morgan fingerprint density at radius 3 is 2.78 bits per heavy atom. The van der Waals surface area contributed by atoms with E-state index in [0.29, 0.717) is 16.9 Å². The number of rotatable bonds is 3. The van der Waals surface area contributed by atoms with Crippen molar-refractivity contribution >= 4 is 22.8 Å². The zero-order valence-corrected chi connectivity index (χ0v) is 10.1. The molecule has 0 unspecified atom stereocenters. The van der Waals surface area contributed by atoms with Gasteiger partial charge in [0.05, 0.1) is 12.7 Å². The Morgan fingerprint density at radius 1 is 1.33 bits per heavy atom. The Labute approximate surface area is 103 Å². The minimum Gasteiger partial charge on any atom is -0.497 e. The molecule has 4 heteroatoms. The van der Waals surface area contributed by atoms with E-state index in [1.165, 1.54) is 19.1 Å². The third-order valence-electron chi connectivity index (χ3n) is 2.47. The summed E-state index contributed by atoms with van der Waals surface area (Å²) in [5.41, 5.74) is 0.329. The molecule has 0 atom stereocenters. The number of methoxy groups -OCH3 is 1. The molecule has 18 heavy (non-hydrogen) atoms. The highest BCUT2D eigenvalue weighted by atomic mass is 16.5. The van der Waals surface area contributed by atoms with Crippen molar-refractivity contribution in [3.8, 4) is 5.75 Å². The molecule has 0 spiro atoms. The minimum absolute atomic E-state index is 0.121. The summed E-state index contributed by atoms with van der Waals surface area (Å²) in [5.74, 6) is 0.502. The van der Waals surface area contributed by atoms with Gasteiger partial charge < -0.3 is 9.15 Å². The van der Waals surface area contributed by atoms with E-state index in [2.05, 4.69) is 0 Å². The average Bonchev–Trinajstić information content (AvgIpc) is 2.35. The summed E-state index contributed by atoms with van der Waals surface area (Å²) in [6, 6.07) is 6.90. The van der Waals surface area contributed by atoms with Gasteiger partial charge in [-0.15, -0.1) is 0 Å². The monoisotopic (exact) mass is 244 g/mol. The summed E-state index contributed by atoms with van der Waals surface area (Å²) in [4.78, 5) is 22.5. The summed E-state index contributed by atoms with van der Waals surface area (Å²) < 4.78 is 10.2. The normalized spacial score (nSPS) is 11.0. The smallest absolute Gasteiger partial charge is 0.343 e. The topological polar surface area (TPSA) is 56.5 Å².